The number of benzene rings is 1. The van der Waals surface area contributed by atoms with Crippen molar-refractivity contribution in [1.29, 1.82) is 0 Å². The SMILES string of the molecule is CCCC#CCCc1c(F)cccc1Cl. The van der Waals surface area contributed by atoms with Gasteiger partial charge in [-0.1, -0.05) is 24.6 Å². The second kappa shape index (κ2) is 6.48. The third-order valence-electron chi connectivity index (χ3n) is 2.06. The molecule has 1 aromatic carbocycles. The first-order chi connectivity index (χ1) is 7.25. The van der Waals surface area contributed by atoms with Gasteiger partial charge in [0, 0.05) is 23.4 Å². The molecule has 0 bridgehead atoms. The molecule has 0 unspecified atom stereocenters. The lowest BCUT2D eigenvalue weighted by Crippen LogP contribution is -1.90. The summed E-state index contributed by atoms with van der Waals surface area (Å²) in [5, 5.41) is 0.493. The molecular formula is C13H14ClF. The van der Waals surface area contributed by atoms with Gasteiger partial charge in [-0.05, 0) is 25.0 Å². The first kappa shape index (κ1) is 12.1. The average molecular weight is 225 g/mol. The molecule has 0 aromatic heterocycles. The lowest BCUT2D eigenvalue weighted by molar-refractivity contribution is 0.610. The Morgan fingerprint density at radius 1 is 1.27 bits per heavy atom. The zero-order valence-electron chi connectivity index (χ0n) is 8.82. The molecule has 1 aromatic rings. The number of halogens is 2. The van der Waals surface area contributed by atoms with Gasteiger partial charge in [-0.25, -0.2) is 4.39 Å². The van der Waals surface area contributed by atoms with Crippen molar-refractivity contribution >= 4 is 11.6 Å². The minimum Gasteiger partial charge on any atom is -0.207 e. The van der Waals surface area contributed by atoms with Gasteiger partial charge >= 0.3 is 0 Å². The Kier molecular flexibility index (Phi) is 5.21. The Balaban J connectivity index is 2.55. The predicted molar refractivity (Wildman–Crippen MR) is 62.4 cm³/mol. The summed E-state index contributed by atoms with van der Waals surface area (Å²) in [6, 6.07) is 4.75. The summed E-state index contributed by atoms with van der Waals surface area (Å²) in [6.07, 6.45) is 3.22. The molecule has 0 heterocycles. The lowest BCUT2D eigenvalue weighted by Gasteiger charge is -2.02. The second-order valence-corrected chi connectivity index (χ2v) is 3.71. The molecule has 0 amide bonds. The van der Waals surface area contributed by atoms with Gasteiger partial charge in [0.25, 0.3) is 0 Å². The minimum absolute atomic E-state index is 0.236. The highest BCUT2D eigenvalue weighted by atomic mass is 35.5. The van der Waals surface area contributed by atoms with Crippen LogP contribution in [-0.2, 0) is 6.42 Å². The Bertz CT molecular complexity index is 354. The number of hydrogen-bond donors (Lipinski definition) is 0. The molecule has 0 saturated heterocycles. The highest BCUT2D eigenvalue weighted by molar-refractivity contribution is 6.31. The van der Waals surface area contributed by atoms with E-state index in [0.717, 1.165) is 12.8 Å². The van der Waals surface area contributed by atoms with Crippen LogP contribution in [0.5, 0.6) is 0 Å². The number of rotatable bonds is 3. The van der Waals surface area contributed by atoms with E-state index in [-0.39, 0.29) is 5.82 Å². The quantitative estimate of drug-likeness (QED) is 0.675. The van der Waals surface area contributed by atoms with Crippen molar-refractivity contribution in [3.8, 4) is 11.8 Å². The summed E-state index contributed by atoms with van der Waals surface area (Å²) in [6.45, 7) is 2.09. The van der Waals surface area contributed by atoms with E-state index in [9.17, 15) is 4.39 Å². The van der Waals surface area contributed by atoms with E-state index in [1.807, 2.05) is 0 Å². The normalized spacial score (nSPS) is 9.53. The monoisotopic (exact) mass is 224 g/mol. The van der Waals surface area contributed by atoms with Crippen LogP contribution in [0.1, 0.15) is 31.7 Å². The van der Waals surface area contributed by atoms with Gasteiger partial charge in [0.15, 0.2) is 0 Å². The van der Waals surface area contributed by atoms with Gasteiger partial charge < -0.3 is 0 Å². The maximum Gasteiger partial charge on any atom is 0.127 e. The summed E-state index contributed by atoms with van der Waals surface area (Å²) >= 11 is 5.88. The van der Waals surface area contributed by atoms with Crippen LogP contribution in [-0.4, -0.2) is 0 Å². The highest BCUT2D eigenvalue weighted by Crippen LogP contribution is 2.20. The molecule has 0 radical (unpaired) electrons. The molecule has 0 nitrogen and oxygen atoms in total. The maximum atomic E-state index is 13.3. The van der Waals surface area contributed by atoms with E-state index in [4.69, 9.17) is 11.6 Å². The smallest absolute Gasteiger partial charge is 0.127 e. The van der Waals surface area contributed by atoms with Gasteiger partial charge in [0.05, 0.1) is 0 Å². The fourth-order valence-electron chi connectivity index (χ4n) is 1.26. The molecule has 0 aliphatic rings. The predicted octanol–water partition coefficient (Wildman–Crippen LogP) is 4.22. The van der Waals surface area contributed by atoms with Crippen LogP contribution < -0.4 is 0 Å². The molecule has 80 valence electrons. The van der Waals surface area contributed by atoms with Crippen molar-refractivity contribution < 1.29 is 4.39 Å². The summed E-state index contributed by atoms with van der Waals surface area (Å²) < 4.78 is 13.3. The molecule has 0 aliphatic heterocycles. The standard InChI is InChI=1S/C13H14ClF/c1-2-3-4-5-6-8-11-12(14)9-7-10-13(11)15/h7,9-10H,2-3,6,8H2,1H3. The minimum atomic E-state index is -0.236. The molecule has 0 aliphatic carbocycles. The molecule has 0 spiro atoms. The Morgan fingerprint density at radius 2 is 2.00 bits per heavy atom. The van der Waals surface area contributed by atoms with Crippen LogP contribution in [0.2, 0.25) is 5.02 Å². The molecule has 15 heavy (non-hydrogen) atoms. The molecule has 0 N–H and O–H groups in total. The Labute approximate surface area is 95.5 Å². The van der Waals surface area contributed by atoms with Crippen LogP contribution in [0, 0.1) is 17.7 Å². The van der Waals surface area contributed by atoms with Crippen molar-refractivity contribution in [2.45, 2.75) is 32.6 Å². The van der Waals surface area contributed by atoms with E-state index in [2.05, 4.69) is 18.8 Å². The van der Waals surface area contributed by atoms with Crippen molar-refractivity contribution in [3.05, 3.63) is 34.6 Å². The molecule has 0 saturated carbocycles. The van der Waals surface area contributed by atoms with Crippen molar-refractivity contribution in [1.82, 2.24) is 0 Å². The summed E-state index contributed by atoms with van der Waals surface area (Å²) in [4.78, 5) is 0. The van der Waals surface area contributed by atoms with Crippen LogP contribution in [0.25, 0.3) is 0 Å². The average Bonchev–Trinajstić information content (AvgIpc) is 2.21. The van der Waals surface area contributed by atoms with Gasteiger partial charge in [0.1, 0.15) is 5.82 Å². The third kappa shape index (κ3) is 3.93. The van der Waals surface area contributed by atoms with Crippen LogP contribution >= 0.6 is 11.6 Å². The van der Waals surface area contributed by atoms with Gasteiger partial charge in [-0.3, -0.25) is 0 Å². The van der Waals surface area contributed by atoms with Gasteiger partial charge in [-0.2, -0.15) is 0 Å². The molecule has 1 rings (SSSR count). The van der Waals surface area contributed by atoms with E-state index in [1.54, 1.807) is 12.1 Å². The molecule has 2 heteroatoms. The molecule has 0 fully saturated rings. The fraction of sp³-hybridized carbons (Fsp3) is 0.385. The fourth-order valence-corrected chi connectivity index (χ4v) is 1.52. The largest absolute Gasteiger partial charge is 0.207 e. The van der Waals surface area contributed by atoms with E-state index in [0.29, 0.717) is 23.4 Å². The highest BCUT2D eigenvalue weighted by Gasteiger charge is 2.04. The summed E-state index contributed by atoms with van der Waals surface area (Å²) in [5.41, 5.74) is 0.574. The molecule has 0 atom stereocenters. The van der Waals surface area contributed by atoms with E-state index >= 15 is 0 Å². The van der Waals surface area contributed by atoms with E-state index in [1.165, 1.54) is 6.07 Å². The van der Waals surface area contributed by atoms with Crippen LogP contribution in [0.3, 0.4) is 0 Å². The van der Waals surface area contributed by atoms with Crippen LogP contribution in [0.15, 0.2) is 18.2 Å². The van der Waals surface area contributed by atoms with Crippen molar-refractivity contribution in [2.24, 2.45) is 0 Å². The number of unbranched alkanes of at least 4 members (excludes halogenated alkanes) is 1. The van der Waals surface area contributed by atoms with E-state index < -0.39 is 0 Å². The summed E-state index contributed by atoms with van der Waals surface area (Å²) in [5.74, 6) is 5.81. The third-order valence-corrected chi connectivity index (χ3v) is 2.42. The Hall–Kier alpha value is -1.00. The first-order valence-electron chi connectivity index (χ1n) is 5.14. The topological polar surface area (TPSA) is 0 Å². The van der Waals surface area contributed by atoms with Crippen LogP contribution in [0.4, 0.5) is 4.39 Å². The molecular weight excluding hydrogens is 211 g/mol. The maximum absolute atomic E-state index is 13.3. The van der Waals surface area contributed by atoms with Crippen molar-refractivity contribution in [2.75, 3.05) is 0 Å². The summed E-state index contributed by atoms with van der Waals surface area (Å²) in [7, 11) is 0. The zero-order valence-corrected chi connectivity index (χ0v) is 9.57. The number of hydrogen-bond acceptors (Lipinski definition) is 0. The lowest BCUT2D eigenvalue weighted by atomic mass is 10.1. The second-order valence-electron chi connectivity index (χ2n) is 3.30. The van der Waals surface area contributed by atoms with Gasteiger partial charge in [0.2, 0.25) is 0 Å². The Morgan fingerprint density at radius 3 is 2.67 bits per heavy atom. The van der Waals surface area contributed by atoms with Gasteiger partial charge in [-0.15, -0.1) is 11.8 Å². The first-order valence-corrected chi connectivity index (χ1v) is 5.52. The zero-order chi connectivity index (χ0) is 11.1. The van der Waals surface area contributed by atoms with Crippen molar-refractivity contribution in [3.63, 3.8) is 0 Å².